The van der Waals surface area contributed by atoms with Crippen molar-refractivity contribution in [3.05, 3.63) is 41.5 Å². The lowest BCUT2D eigenvalue weighted by Crippen LogP contribution is -2.17. The molecule has 0 unspecified atom stereocenters. The molecule has 0 radical (unpaired) electrons. The zero-order valence-corrected chi connectivity index (χ0v) is 11.4. The molecule has 0 spiro atoms. The third-order valence-electron chi connectivity index (χ3n) is 2.70. The Morgan fingerprint density at radius 3 is 2.95 bits per heavy atom. The van der Waals surface area contributed by atoms with Gasteiger partial charge in [-0.1, -0.05) is 23.4 Å². The van der Waals surface area contributed by atoms with Crippen LogP contribution in [0.5, 0.6) is 5.75 Å². The van der Waals surface area contributed by atoms with Crippen LogP contribution in [0.3, 0.4) is 0 Å². The molecule has 1 aromatic carbocycles. The molecule has 104 valence electrons. The summed E-state index contributed by atoms with van der Waals surface area (Å²) in [6.07, 6.45) is 5.15. The van der Waals surface area contributed by atoms with Gasteiger partial charge in [0.1, 0.15) is 5.75 Å². The monoisotopic (exact) mass is 263 g/mol. The first-order valence-corrected chi connectivity index (χ1v) is 6.19. The van der Waals surface area contributed by atoms with Gasteiger partial charge < -0.3 is 21.0 Å². The van der Waals surface area contributed by atoms with E-state index in [0.29, 0.717) is 11.3 Å². The summed E-state index contributed by atoms with van der Waals surface area (Å²) in [5, 5.41) is 15.1. The lowest BCUT2D eigenvalue weighted by molar-refractivity contribution is 0.318. The van der Waals surface area contributed by atoms with Gasteiger partial charge in [-0.15, -0.1) is 0 Å². The molecular weight excluding hydrogens is 242 g/mol. The Kier molecular flexibility index (Phi) is 6.46. The van der Waals surface area contributed by atoms with Gasteiger partial charge in [0.05, 0.1) is 12.7 Å². The molecule has 0 saturated carbocycles. The van der Waals surface area contributed by atoms with E-state index in [2.05, 4.69) is 16.5 Å². The van der Waals surface area contributed by atoms with Crippen molar-refractivity contribution in [1.29, 1.82) is 0 Å². The zero-order valence-electron chi connectivity index (χ0n) is 11.4. The summed E-state index contributed by atoms with van der Waals surface area (Å²) in [6, 6.07) is 5.63. The fraction of sp³-hybridized carbons (Fsp3) is 0.357. The van der Waals surface area contributed by atoms with Gasteiger partial charge in [0.2, 0.25) is 0 Å². The molecule has 0 aliphatic heterocycles. The summed E-state index contributed by atoms with van der Waals surface area (Å²) < 4.78 is 5.18. The maximum absolute atomic E-state index is 8.76. The molecule has 1 rings (SSSR count). The molecule has 0 atom stereocenters. The number of oxime groups is 1. The fourth-order valence-corrected chi connectivity index (χ4v) is 1.70. The molecule has 1 aromatic rings. The van der Waals surface area contributed by atoms with Crippen molar-refractivity contribution in [1.82, 2.24) is 5.32 Å². The van der Waals surface area contributed by atoms with E-state index in [1.54, 1.807) is 7.11 Å². The molecule has 5 heteroatoms. The van der Waals surface area contributed by atoms with E-state index in [4.69, 9.17) is 15.7 Å². The van der Waals surface area contributed by atoms with E-state index in [-0.39, 0.29) is 5.84 Å². The Bertz CT molecular complexity index is 456. The van der Waals surface area contributed by atoms with Gasteiger partial charge in [0.25, 0.3) is 0 Å². The molecule has 0 aliphatic carbocycles. The van der Waals surface area contributed by atoms with Gasteiger partial charge in [-0.2, -0.15) is 0 Å². The molecule has 5 nitrogen and oxygen atoms in total. The third kappa shape index (κ3) is 4.63. The molecule has 0 heterocycles. The fourth-order valence-electron chi connectivity index (χ4n) is 1.70. The maximum atomic E-state index is 8.76. The van der Waals surface area contributed by atoms with E-state index in [1.165, 1.54) is 0 Å². The maximum Gasteiger partial charge on any atom is 0.173 e. The van der Waals surface area contributed by atoms with Crippen LogP contribution in [0.15, 0.2) is 35.5 Å². The smallest absolute Gasteiger partial charge is 0.173 e. The molecule has 0 amide bonds. The number of hydrogen-bond acceptors (Lipinski definition) is 4. The number of hydrogen-bond donors (Lipinski definition) is 3. The molecule has 19 heavy (non-hydrogen) atoms. The minimum absolute atomic E-state index is 0.0487. The van der Waals surface area contributed by atoms with Crippen LogP contribution in [0.2, 0.25) is 0 Å². The molecule has 4 N–H and O–H groups in total. The van der Waals surface area contributed by atoms with Gasteiger partial charge >= 0.3 is 0 Å². The quantitative estimate of drug-likeness (QED) is 0.175. The van der Waals surface area contributed by atoms with Gasteiger partial charge in [-0.25, -0.2) is 0 Å². The Morgan fingerprint density at radius 2 is 2.32 bits per heavy atom. The summed E-state index contributed by atoms with van der Waals surface area (Å²) >= 11 is 0. The highest BCUT2D eigenvalue weighted by Gasteiger charge is 2.08. The molecule has 0 aromatic heterocycles. The van der Waals surface area contributed by atoms with Crippen LogP contribution in [0.25, 0.3) is 0 Å². The molecule has 0 fully saturated rings. The van der Waals surface area contributed by atoms with E-state index >= 15 is 0 Å². The average molecular weight is 263 g/mol. The summed E-state index contributed by atoms with van der Waals surface area (Å²) in [4.78, 5) is 0. The number of nitrogens with one attached hydrogen (secondary N) is 1. The van der Waals surface area contributed by atoms with Crippen LogP contribution < -0.4 is 15.8 Å². The Labute approximate surface area is 113 Å². The zero-order chi connectivity index (χ0) is 14.1. The molecular formula is C14H21N3O2. The number of rotatable bonds is 7. The van der Waals surface area contributed by atoms with Crippen LogP contribution in [-0.2, 0) is 6.54 Å². The first kappa shape index (κ1) is 15.0. The number of nitrogens with zero attached hydrogens (tertiary/aromatic N) is 1. The summed E-state index contributed by atoms with van der Waals surface area (Å²) in [7, 11) is 1.55. The van der Waals surface area contributed by atoms with Crippen molar-refractivity contribution in [2.45, 2.75) is 19.9 Å². The summed E-state index contributed by atoms with van der Waals surface area (Å²) in [6.45, 7) is 3.65. The van der Waals surface area contributed by atoms with Crippen LogP contribution in [0, 0.1) is 0 Å². The first-order valence-electron chi connectivity index (χ1n) is 6.19. The lowest BCUT2D eigenvalue weighted by atomic mass is 10.1. The summed E-state index contributed by atoms with van der Waals surface area (Å²) in [5.41, 5.74) is 7.28. The second kappa shape index (κ2) is 8.16. The van der Waals surface area contributed by atoms with Crippen LogP contribution >= 0.6 is 0 Å². The normalized spacial score (nSPS) is 12.0. The number of allylic oxidation sites excluding steroid dienone is 1. The highest BCUT2D eigenvalue weighted by Crippen LogP contribution is 2.19. The largest absolute Gasteiger partial charge is 0.496 e. The van der Waals surface area contributed by atoms with Gasteiger partial charge in [0.15, 0.2) is 5.84 Å². The number of amidine groups is 1. The van der Waals surface area contributed by atoms with Crippen molar-refractivity contribution < 1.29 is 9.94 Å². The third-order valence-corrected chi connectivity index (χ3v) is 2.70. The van der Waals surface area contributed by atoms with Crippen molar-refractivity contribution in [3.8, 4) is 5.75 Å². The topological polar surface area (TPSA) is 79.9 Å². The van der Waals surface area contributed by atoms with E-state index in [0.717, 1.165) is 25.1 Å². The SMILES string of the molecule is C/C=C/CCNCc1ccc(OC)c(/C(N)=N/O)c1. The molecule has 0 saturated heterocycles. The van der Waals surface area contributed by atoms with Gasteiger partial charge in [0, 0.05) is 6.54 Å². The van der Waals surface area contributed by atoms with Crippen LogP contribution in [0.4, 0.5) is 0 Å². The number of benzene rings is 1. The Balaban J connectivity index is 2.70. The van der Waals surface area contributed by atoms with Gasteiger partial charge in [-0.3, -0.25) is 0 Å². The van der Waals surface area contributed by atoms with Crippen LogP contribution in [-0.4, -0.2) is 24.7 Å². The molecule has 0 aliphatic rings. The number of nitrogens with two attached hydrogens (primary N) is 1. The Morgan fingerprint density at radius 1 is 1.53 bits per heavy atom. The van der Waals surface area contributed by atoms with Crippen molar-refractivity contribution >= 4 is 5.84 Å². The summed E-state index contributed by atoms with van der Waals surface area (Å²) in [5.74, 6) is 0.639. The van der Waals surface area contributed by atoms with E-state index in [1.807, 2.05) is 31.2 Å². The number of methoxy groups -OCH3 is 1. The highest BCUT2D eigenvalue weighted by atomic mass is 16.5. The Hall–Kier alpha value is -2.01. The minimum atomic E-state index is 0.0487. The predicted octanol–water partition coefficient (Wildman–Crippen LogP) is 1.85. The van der Waals surface area contributed by atoms with Crippen LogP contribution in [0.1, 0.15) is 24.5 Å². The van der Waals surface area contributed by atoms with Crippen molar-refractivity contribution in [2.75, 3.05) is 13.7 Å². The molecule has 0 bridgehead atoms. The van der Waals surface area contributed by atoms with E-state index in [9.17, 15) is 0 Å². The van der Waals surface area contributed by atoms with Gasteiger partial charge in [-0.05, 0) is 37.6 Å². The van der Waals surface area contributed by atoms with E-state index < -0.39 is 0 Å². The number of ether oxygens (including phenoxy) is 1. The standard InChI is InChI=1S/C14H21N3O2/c1-3-4-5-8-16-10-11-6-7-13(19-2)12(9-11)14(15)17-18/h3-4,6-7,9,16,18H,5,8,10H2,1-2H3,(H2,15,17)/b4-3+. The highest BCUT2D eigenvalue weighted by molar-refractivity contribution is 5.99. The van der Waals surface area contributed by atoms with Crippen molar-refractivity contribution in [3.63, 3.8) is 0 Å². The second-order valence-corrected chi connectivity index (χ2v) is 4.05. The van der Waals surface area contributed by atoms with Crippen molar-refractivity contribution in [2.24, 2.45) is 10.9 Å². The predicted molar refractivity (Wildman–Crippen MR) is 76.6 cm³/mol. The first-order chi connectivity index (χ1) is 9.22. The second-order valence-electron chi connectivity index (χ2n) is 4.05. The minimum Gasteiger partial charge on any atom is -0.496 e. The lowest BCUT2D eigenvalue weighted by Gasteiger charge is -2.10. The average Bonchev–Trinajstić information content (AvgIpc) is 2.46.